The van der Waals surface area contributed by atoms with Gasteiger partial charge in [-0.15, -0.1) is 24.0 Å². The van der Waals surface area contributed by atoms with E-state index < -0.39 is 0 Å². The molecule has 1 atom stereocenters. The standard InChI is InChI=1S/C17H32N6O3.HI/c1-4-18-16(19-5-6-23-15(24)12-21-17(23)25)20-11-14(13(2)3)22-7-9-26-10-8-22;/h13-14H,4-12H2,1-3H3,(H,21,25)(H2,18,19,20);1H. The van der Waals surface area contributed by atoms with Crippen molar-refractivity contribution in [2.45, 2.75) is 26.8 Å². The molecule has 3 N–H and O–H groups in total. The SMILES string of the molecule is CCNC(=NCC(C(C)C)N1CCOCC1)NCCN1C(=O)CNC1=O.I. The zero-order valence-electron chi connectivity index (χ0n) is 16.5. The molecule has 2 aliphatic rings. The second-order valence-corrected chi connectivity index (χ2v) is 6.81. The molecule has 0 aliphatic carbocycles. The lowest BCUT2D eigenvalue weighted by atomic mass is 10.0. The molecule has 2 rings (SSSR count). The summed E-state index contributed by atoms with van der Waals surface area (Å²) < 4.78 is 5.45. The van der Waals surface area contributed by atoms with Crippen molar-refractivity contribution in [3.63, 3.8) is 0 Å². The molecule has 2 saturated heterocycles. The second kappa shape index (κ2) is 12.3. The highest BCUT2D eigenvalue weighted by atomic mass is 127. The third-order valence-electron chi connectivity index (χ3n) is 4.63. The summed E-state index contributed by atoms with van der Waals surface area (Å²) in [6.07, 6.45) is 0. The predicted molar refractivity (Wildman–Crippen MR) is 116 cm³/mol. The van der Waals surface area contributed by atoms with Gasteiger partial charge in [0.15, 0.2) is 5.96 Å². The van der Waals surface area contributed by atoms with E-state index in [-0.39, 0.29) is 42.5 Å². The van der Waals surface area contributed by atoms with Crippen molar-refractivity contribution >= 4 is 41.9 Å². The lowest BCUT2D eigenvalue weighted by Gasteiger charge is -2.36. The van der Waals surface area contributed by atoms with Crippen molar-refractivity contribution in [2.75, 3.05) is 59.0 Å². The van der Waals surface area contributed by atoms with E-state index >= 15 is 0 Å². The molecule has 0 aromatic heterocycles. The molecule has 9 nitrogen and oxygen atoms in total. The number of morpholine rings is 1. The minimum Gasteiger partial charge on any atom is -0.379 e. The molecule has 2 fully saturated rings. The number of carbonyl (C=O) groups is 2. The Morgan fingerprint density at radius 1 is 1.26 bits per heavy atom. The number of halogens is 1. The first-order chi connectivity index (χ1) is 12.5. The summed E-state index contributed by atoms with van der Waals surface area (Å²) in [5.74, 6) is 1.01. The quantitative estimate of drug-likeness (QED) is 0.191. The molecule has 0 spiro atoms. The fraction of sp³-hybridized carbons (Fsp3) is 0.824. The highest BCUT2D eigenvalue weighted by molar-refractivity contribution is 14.0. The van der Waals surface area contributed by atoms with Gasteiger partial charge in [0, 0.05) is 38.8 Å². The smallest absolute Gasteiger partial charge is 0.324 e. The summed E-state index contributed by atoms with van der Waals surface area (Å²) in [5, 5.41) is 8.95. The van der Waals surface area contributed by atoms with Crippen LogP contribution in [-0.4, -0.2) is 92.8 Å². The minimum absolute atomic E-state index is 0. The largest absolute Gasteiger partial charge is 0.379 e. The molecule has 0 bridgehead atoms. The van der Waals surface area contributed by atoms with Gasteiger partial charge in [-0.25, -0.2) is 4.79 Å². The number of hydrogen-bond acceptors (Lipinski definition) is 5. The molecule has 10 heteroatoms. The van der Waals surface area contributed by atoms with E-state index in [1.54, 1.807) is 0 Å². The van der Waals surface area contributed by atoms with E-state index in [9.17, 15) is 9.59 Å². The van der Waals surface area contributed by atoms with Gasteiger partial charge in [-0.1, -0.05) is 13.8 Å². The van der Waals surface area contributed by atoms with E-state index in [1.165, 1.54) is 4.90 Å². The van der Waals surface area contributed by atoms with Crippen LogP contribution in [0.15, 0.2) is 4.99 Å². The number of nitrogens with zero attached hydrogens (tertiary/aromatic N) is 3. The van der Waals surface area contributed by atoms with Crippen molar-refractivity contribution in [3.05, 3.63) is 0 Å². The van der Waals surface area contributed by atoms with Crippen LogP contribution >= 0.6 is 24.0 Å². The minimum atomic E-state index is -0.328. The van der Waals surface area contributed by atoms with Crippen molar-refractivity contribution in [1.29, 1.82) is 0 Å². The molecule has 2 heterocycles. The maximum Gasteiger partial charge on any atom is 0.324 e. The first-order valence-corrected chi connectivity index (χ1v) is 9.45. The monoisotopic (exact) mass is 496 g/mol. The Labute approximate surface area is 178 Å². The Morgan fingerprint density at radius 3 is 2.52 bits per heavy atom. The fourth-order valence-electron chi connectivity index (χ4n) is 3.15. The van der Waals surface area contributed by atoms with Gasteiger partial charge in [0.1, 0.15) is 0 Å². The molecular formula is C17H33IN6O3. The number of ether oxygens (including phenoxy) is 1. The Hall–Kier alpha value is -1.14. The zero-order valence-corrected chi connectivity index (χ0v) is 18.8. The second-order valence-electron chi connectivity index (χ2n) is 6.81. The van der Waals surface area contributed by atoms with Crippen LogP contribution in [0.4, 0.5) is 4.79 Å². The van der Waals surface area contributed by atoms with E-state index in [1.807, 2.05) is 6.92 Å². The van der Waals surface area contributed by atoms with Crippen molar-refractivity contribution in [2.24, 2.45) is 10.9 Å². The summed E-state index contributed by atoms with van der Waals surface area (Å²) in [4.78, 5) is 31.5. The first kappa shape index (κ1) is 23.9. The molecule has 3 amide bonds. The average Bonchev–Trinajstić information content (AvgIpc) is 2.94. The van der Waals surface area contributed by atoms with E-state index in [4.69, 9.17) is 9.73 Å². The van der Waals surface area contributed by atoms with Crippen LogP contribution < -0.4 is 16.0 Å². The summed E-state index contributed by atoms with van der Waals surface area (Å²) in [6.45, 7) is 12.2. The average molecular weight is 496 g/mol. The van der Waals surface area contributed by atoms with Crippen molar-refractivity contribution in [3.8, 4) is 0 Å². The van der Waals surface area contributed by atoms with Gasteiger partial charge in [-0.05, 0) is 12.8 Å². The number of guanidine groups is 1. The number of urea groups is 1. The molecule has 0 radical (unpaired) electrons. The van der Waals surface area contributed by atoms with Crippen LogP contribution in [0.5, 0.6) is 0 Å². The van der Waals surface area contributed by atoms with Crippen LogP contribution in [0, 0.1) is 5.92 Å². The van der Waals surface area contributed by atoms with Gasteiger partial charge in [-0.3, -0.25) is 19.6 Å². The maximum atomic E-state index is 11.6. The van der Waals surface area contributed by atoms with Crippen LogP contribution in [0.2, 0.25) is 0 Å². The van der Waals surface area contributed by atoms with Crippen molar-refractivity contribution < 1.29 is 14.3 Å². The molecule has 2 aliphatic heterocycles. The van der Waals surface area contributed by atoms with Crippen LogP contribution in [0.25, 0.3) is 0 Å². The van der Waals surface area contributed by atoms with E-state index in [0.29, 0.717) is 37.6 Å². The van der Waals surface area contributed by atoms with Gasteiger partial charge >= 0.3 is 6.03 Å². The van der Waals surface area contributed by atoms with Crippen LogP contribution in [0.1, 0.15) is 20.8 Å². The normalized spacial score (nSPS) is 19.7. The number of carbonyl (C=O) groups excluding carboxylic acids is 2. The van der Waals surface area contributed by atoms with Gasteiger partial charge in [-0.2, -0.15) is 0 Å². The van der Waals surface area contributed by atoms with E-state index in [2.05, 4.69) is 34.7 Å². The highest BCUT2D eigenvalue weighted by Gasteiger charge is 2.27. The first-order valence-electron chi connectivity index (χ1n) is 9.45. The number of imide groups is 1. The summed E-state index contributed by atoms with van der Waals surface area (Å²) in [6, 6.07) is 0.0335. The summed E-state index contributed by atoms with van der Waals surface area (Å²) in [7, 11) is 0. The van der Waals surface area contributed by atoms with Crippen LogP contribution in [-0.2, 0) is 9.53 Å². The zero-order chi connectivity index (χ0) is 18.9. The Morgan fingerprint density at radius 2 is 1.96 bits per heavy atom. The predicted octanol–water partition coefficient (Wildman–Crippen LogP) is 0.0681. The van der Waals surface area contributed by atoms with Gasteiger partial charge in [0.2, 0.25) is 5.91 Å². The third-order valence-corrected chi connectivity index (χ3v) is 4.63. The Balaban J connectivity index is 0.00000364. The maximum absolute atomic E-state index is 11.6. The molecule has 0 aromatic carbocycles. The van der Waals surface area contributed by atoms with Gasteiger partial charge < -0.3 is 20.7 Å². The topological polar surface area (TPSA) is 98.3 Å². The lowest BCUT2D eigenvalue weighted by molar-refractivity contribution is -0.124. The molecule has 0 saturated carbocycles. The highest BCUT2D eigenvalue weighted by Crippen LogP contribution is 2.13. The summed E-state index contributed by atoms with van der Waals surface area (Å²) in [5.41, 5.74) is 0. The third kappa shape index (κ3) is 7.41. The molecule has 0 aromatic rings. The molecule has 156 valence electrons. The molecular weight excluding hydrogens is 463 g/mol. The summed E-state index contributed by atoms with van der Waals surface area (Å²) >= 11 is 0. The number of hydrogen-bond donors (Lipinski definition) is 3. The van der Waals surface area contributed by atoms with Gasteiger partial charge in [0.25, 0.3) is 0 Å². The number of amides is 3. The number of rotatable bonds is 8. The lowest BCUT2D eigenvalue weighted by Crippen LogP contribution is -2.48. The van der Waals surface area contributed by atoms with Gasteiger partial charge in [0.05, 0.1) is 26.3 Å². The Bertz CT molecular complexity index is 495. The molecule has 1 unspecified atom stereocenters. The van der Waals surface area contributed by atoms with E-state index in [0.717, 1.165) is 32.8 Å². The van der Waals surface area contributed by atoms with Crippen molar-refractivity contribution in [1.82, 2.24) is 25.8 Å². The Kier molecular flexibility index (Phi) is 10.9. The fourth-order valence-corrected chi connectivity index (χ4v) is 3.15. The number of nitrogens with one attached hydrogen (secondary N) is 3. The number of aliphatic imine (C=N–C) groups is 1. The molecule has 27 heavy (non-hydrogen) atoms. The van der Waals surface area contributed by atoms with Crippen LogP contribution in [0.3, 0.4) is 0 Å².